The highest BCUT2D eigenvalue weighted by Gasteiger charge is 2.40. The molecule has 0 saturated heterocycles. The molecule has 0 atom stereocenters. The Morgan fingerprint density at radius 1 is 0.238 bits per heavy atom. The second kappa shape index (κ2) is 31.2. The van der Waals surface area contributed by atoms with Crippen molar-refractivity contribution < 1.29 is 26.6 Å². The van der Waals surface area contributed by atoms with Crippen molar-refractivity contribution >= 4 is 17.6 Å². The first-order valence-electron chi connectivity index (χ1n) is 18.4. The fraction of sp³-hybridized carbons (Fsp3) is 1.00. The van der Waals surface area contributed by atoms with Gasteiger partial charge in [-0.15, -0.1) is 0 Å². The molecule has 0 aliphatic heterocycles. The van der Waals surface area contributed by atoms with E-state index in [-0.39, 0.29) is 0 Å². The summed E-state index contributed by atoms with van der Waals surface area (Å²) in [4.78, 5) is 0. The van der Waals surface area contributed by atoms with Gasteiger partial charge in [0.2, 0.25) is 0 Å². The van der Waals surface area contributed by atoms with Crippen LogP contribution in [0, 0.1) is 0 Å². The highest BCUT2D eigenvalue weighted by Crippen LogP contribution is 2.22. The lowest BCUT2D eigenvalue weighted by Gasteiger charge is -2.28. The van der Waals surface area contributed by atoms with Crippen LogP contribution in [0.3, 0.4) is 0 Å². The summed E-state index contributed by atoms with van der Waals surface area (Å²) in [7, 11) is -4.86. The second-order valence-corrected chi connectivity index (χ2v) is 17.0. The second-order valence-electron chi connectivity index (χ2n) is 11.5. The van der Waals surface area contributed by atoms with E-state index >= 15 is 0 Å². The van der Waals surface area contributed by atoms with Gasteiger partial charge in [0.15, 0.2) is 0 Å². The molecule has 42 heavy (non-hydrogen) atoms. The number of hydrogen-bond acceptors (Lipinski definition) is 6. The summed E-state index contributed by atoms with van der Waals surface area (Å²) in [5.74, 6) is 0. The predicted octanol–water partition coefficient (Wildman–Crippen LogP) is 10.9. The molecule has 6 nitrogen and oxygen atoms in total. The van der Waals surface area contributed by atoms with Gasteiger partial charge in [-0.3, -0.25) is 0 Å². The van der Waals surface area contributed by atoms with Crippen LogP contribution < -0.4 is 0 Å². The van der Waals surface area contributed by atoms with Gasteiger partial charge in [0, 0.05) is 51.7 Å². The lowest BCUT2D eigenvalue weighted by atomic mass is 10.0. The molecular formula is C34H74O6Si2. The van der Waals surface area contributed by atoms with E-state index in [0.29, 0.717) is 39.6 Å². The van der Waals surface area contributed by atoms with Crippen molar-refractivity contribution in [3.05, 3.63) is 0 Å². The Balaban J connectivity index is 3.49. The molecular weight excluding hydrogens is 561 g/mol. The highest BCUT2D eigenvalue weighted by atomic mass is 28.4. The fourth-order valence-corrected chi connectivity index (χ4v) is 11.2. The molecule has 0 aromatic rings. The Kier molecular flexibility index (Phi) is 31.3. The van der Waals surface area contributed by atoms with Crippen molar-refractivity contribution in [2.24, 2.45) is 0 Å². The molecule has 8 heteroatoms. The van der Waals surface area contributed by atoms with Gasteiger partial charge in [0.1, 0.15) is 0 Å². The first-order valence-corrected chi connectivity index (χ1v) is 22.3. The molecule has 0 amide bonds. The normalized spacial score (nSPS) is 12.4. The Morgan fingerprint density at radius 3 is 0.524 bits per heavy atom. The molecule has 0 aliphatic rings. The van der Waals surface area contributed by atoms with Crippen LogP contribution in [0.4, 0.5) is 0 Å². The van der Waals surface area contributed by atoms with E-state index in [4.69, 9.17) is 26.6 Å². The van der Waals surface area contributed by atoms with Crippen LogP contribution in [0.1, 0.15) is 170 Å². The van der Waals surface area contributed by atoms with Gasteiger partial charge in [-0.2, -0.15) is 0 Å². The SMILES string of the molecule is CCO[Si](CCCCCCCCCCCCCCCCCCCCCC[Si](OCC)(OCC)OCC)(OCC)OCC. The molecule has 0 saturated carbocycles. The van der Waals surface area contributed by atoms with Crippen LogP contribution in [0.25, 0.3) is 0 Å². The minimum atomic E-state index is -2.43. The Labute approximate surface area is 265 Å². The van der Waals surface area contributed by atoms with Gasteiger partial charge >= 0.3 is 17.6 Å². The molecule has 0 aromatic carbocycles. The number of rotatable bonds is 35. The number of hydrogen-bond donors (Lipinski definition) is 0. The van der Waals surface area contributed by atoms with Gasteiger partial charge in [0.25, 0.3) is 0 Å². The molecule has 0 unspecified atom stereocenters. The number of unbranched alkanes of at least 4 members (excludes halogenated alkanes) is 19. The Bertz CT molecular complexity index is 460. The van der Waals surface area contributed by atoms with E-state index in [1.165, 1.54) is 116 Å². The molecule has 0 spiro atoms. The van der Waals surface area contributed by atoms with E-state index in [1.807, 2.05) is 41.5 Å². The van der Waals surface area contributed by atoms with Gasteiger partial charge in [-0.25, -0.2) is 0 Å². The quantitative estimate of drug-likeness (QED) is 0.0511. The third kappa shape index (κ3) is 23.6. The average Bonchev–Trinajstić information content (AvgIpc) is 2.96. The zero-order valence-corrected chi connectivity index (χ0v) is 31.2. The van der Waals surface area contributed by atoms with E-state index in [0.717, 1.165) is 24.9 Å². The average molecular weight is 635 g/mol. The van der Waals surface area contributed by atoms with Crippen LogP contribution in [-0.4, -0.2) is 57.3 Å². The van der Waals surface area contributed by atoms with Crippen LogP contribution in [0.15, 0.2) is 0 Å². The molecule has 0 N–H and O–H groups in total. The smallest absolute Gasteiger partial charge is 0.374 e. The Morgan fingerprint density at radius 2 is 0.381 bits per heavy atom. The Hall–Kier alpha value is 0.194. The molecule has 0 heterocycles. The molecule has 0 rings (SSSR count). The molecule has 0 aliphatic carbocycles. The summed E-state index contributed by atoms with van der Waals surface area (Å²) in [6.07, 6.45) is 27.2. The van der Waals surface area contributed by atoms with Crippen LogP contribution >= 0.6 is 0 Å². The van der Waals surface area contributed by atoms with E-state index in [1.54, 1.807) is 0 Å². The lowest BCUT2D eigenvalue weighted by molar-refractivity contribution is 0.0698. The third-order valence-corrected chi connectivity index (χ3v) is 14.2. The lowest BCUT2D eigenvalue weighted by Crippen LogP contribution is -2.45. The van der Waals surface area contributed by atoms with E-state index in [9.17, 15) is 0 Å². The van der Waals surface area contributed by atoms with Crippen molar-refractivity contribution in [2.45, 2.75) is 182 Å². The fourth-order valence-electron chi connectivity index (χ4n) is 5.87. The molecule has 254 valence electrons. The standard InChI is InChI=1S/C34H74O6Si2/c1-7-35-41(36-8-2,37-9-3)33-31-29-27-25-23-21-19-17-15-13-14-16-18-20-22-24-26-28-30-32-34-42(38-10-4,39-11-5)40-12-6/h7-34H2,1-6H3. The molecule has 0 radical (unpaired) electrons. The summed E-state index contributed by atoms with van der Waals surface area (Å²) < 4.78 is 35.8. The monoisotopic (exact) mass is 635 g/mol. The van der Waals surface area contributed by atoms with Gasteiger partial charge in [-0.05, 0) is 54.4 Å². The van der Waals surface area contributed by atoms with Crippen molar-refractivity contribution in [1.29, 1.82) is 0 Å². The molecule has 0 bridgehead atoms. The first kappa shape index (κ1) is 42.2. The van der Waals surface area contributed by atoms with E-state index in [2.05, 4.69) is 0 Å². The van der Waals surface area contributed by atoms with E-state index < -0.39 is 17.6 Å². The van der Waals surface area contributed by atoms with Crippen molar-refractivity contribution in [1.82, 2.24) is 0 Å². The maximum absolute atomic E-state index is 5.96. The summed E-state index contributed by atoms with van der Waals surface area (Å²) >= 11 is 0. The largest absolute Gasteiger partial charge is 0.500 e. The maximum Gasteiger partial charge on any atom is 0.500 e. The topological polar surface area (TPSA) is 55.4 Å². The summed E-state index contributed by atoms with van der Waals surface area (Å²) in [5.41, 5.74) is 0. The van der Waals surface area contributed by atoms with Gasteiger partial charge < -0.3 is 26.6 Å². The predicted molar refractivity (Wildman–Crippen MR) is 183 cm³/mol. The molecule has 0 fully saturated rings. The van der Waals surface area contributed by atoms with Crippen LogP contribution in [0.2, 0.25) is 12.1 Å². The van der Waals surface area contributed by atoms with Gasteiger partial charge in [0.05, 0.1) is 0 Å². The minimum absolute atomic E-state index is 0.678. The minimum Gasteiger partial charge on any atom is -0.374 e. The van der Waals surface area contributed by atoms with Crippen LogP contribution in [-0.2, 0) is 26.6 Å². The van der Waals surface area contributed by atoms with Crippen LogP contribution in [0.5, 0.6) is 0 Å². The summed E-state index contributed by atoms with van der Waals surface area (Å²) in [6.45, 7) is 16.3. The van der Waals surface area contributed by atoms with Gasteiger partial charge in [-0.1, -0.05) is 116 Å². The summed E-state index contributed by atoms with van der Waals surface area (Å²) in [5, 5.41) is 0. The third-order valence-electron chi connectivity index (χ3n) is 7.90. The van der Waals surface area contributed by atoms with Crippen molar-refractivity contribution in [3.63, 3.8) is 0 Å². The zero-order chi connectivity index (χ0) is 31.0. The summed E-state index contributed by atoms with van der Waals surface area (Å²) in [6, 6.07) is 1.93. The zero-order valence-electron chi connectivity index (χ0n) is 29.2. The van der Waals surface area contributed by atoms with Crippen molar-refractivity contribution in [3.8, 4) is 0 Å². The first-order chi connectivity index (χ1) is 20.6. The van der Waals surface area contributed by atoms with Crippen molar-refractivity contribution in [2.75, 3.05) is 39.6 Å². The highest BCUT2D eigenvalue weighted by molar-refractivity contribution is 6.61. The molecule has 0 aromatic heterocycles. The maximum atomic E-state index is 5.96.